The molecule has 6 nitrogen and oxygen atoms in total. The summed E-state index contributed by atoms with van der Waals surface area (Å²) in [6.07, 6.45) is -0.486. The molecule has 1 fully saturated rings. The third-order valence-electron chi connectivity index (χ3n) is 2.08. The SMILES string of the molecule is O=C(OC1CCCC1O)C(F)(F)SOOO. The average molecular weight is 260 g/mol. The fourth-order valence-corrected chi connectivity index (χ4v) is 1.57. The minimum atomic E-state index is -4.01. The number of carbonyl (C=O) groups excluding carboxylic acids is 1. The first-order chi connectivity index (χ1) is 7.47. The summed E-state index contributed by atoms with van der Waals surface area (Å²) >= 11 is -0.690. The first-order valence-corrected chi connectivity index (χ1v) is 5.14. The molecular weight excluding hydrogens is 250 g/mol. The molecule has 0 bridgehead atoms. The van der Waals surface area contributed by atoms with Crippen molar-refractivity contribution in [2.45, 2.75) is 36.7 Å². The molecular formula is C7H10F2O6S. The quantitative estimate of drug-likeness (QED) is 0.331. The van der Waals surface area contributed by atoms with E-state index in [0.717, 1.165) is 0 Å². The van der Waals surface area contributed by atoms with Gasteiger partial charge in [-0.05, 0) is 19.3 Å². The molecule has 0 aromatic carbocycles. The third-order valence-corrected chi connectivity index (χ3v) is 2.59. The lowest BCUT2D eigenvalue weighted by molar-refractivity contribution is -0.433. The third kappa shape index (κ3) is 3.52. The Balaban J connectivity index is 2.43. The highest BCUT2D eigenvalue weighted by Crippen LogP contribution is 2.33. The molecule has 2 N–H and O–H groups in total. The van der Waals surface area contributed by atoms with Crippen LogP contribution in [0.1, 0.15) is 19.3 Å². The molecule has 0 radical (unpaired) electrons. The van der Waals surface area contributed by atoms with E-state index in [1.165, 1.54) is 0 Å². The fraction of sp³-hybridized carbons (Fsp3) is 0.857. The fourth-order valence-electron chi connectivity index (χ4n) is 1.34. The maximum Gasteiger partial charge on any atom is 0.415 e. The molecule has 1 saturated carbocycles. The summed E-state index contributed by atoms with van der Waals surface area (Å²) in [6.45, 7) is 0. The highest BCUT2D eigenvalue weighted by Gasteiger charge is 2.46. The van der Waals surface area contributed by atoms with Crippen LogP contribution < -0.4 is 0 Å². The van der Waals surface area contributed by atoms with E-state index in [9.17, 15) is 18.7 Å². The van der Waals surface area contributed by atoms with Crippen molar-refractivity contribution in [2.24, 2.45) is 0 Å². The molecule has 0 aromatic rings. The van der Waals surface area contributed by atoms with E-state index in [1.54, 1.807) is 0 Å². The molecule has 16 heavy (non-hydrogen) atoms. The molecule has 0 amide bonds. The second kappa shape index (κ2) is 5.73. The molecule has 1 rings (SSSR count). The molecule has 0 aliphatic heterocycles. The van der Waals surface area contributed by atoms with Crippen LogP contribution in [-0.4, -0.2) is 33.8 Å². The Morgan fingerprint density at radius 3 is 2.62 bits per heavy atom. The maximum atomic E-state index is 12.9. The molecule has 2 atom stereocenters. The lowest BCUT2D eigenvalue weighted by Gasteiger charge is -2.18. The largest absolute Gasteiger partial charge is 0.454 e. The van der Waals surface area contributed by atoms with Crippen LogP contribution in [0.25, 0.3) is 0 Å². The highest BCUT2D eigenvalue weighted by atomic mass is 32.2. The highest BCUT2D eigenvalue weighted by molar-refractivity contribution is 7.96. The number of rotatable bonds is 5. The average Bonchev–Trinajstić information content (AvgIpc) is 2.61. The summed E-state index contributed by atoms with van der Waals surface area (Å²) in [5.74, 6) is -1.85. The van der Waals surface area contributed by atoms with Crippen LogP contribution in [0.3, 0.4) is 0 Å². The van der Waals surface area contributed by atoms with E-state index in [0.29, 0.717) is 19.3 Å². The molecule has 0 spiro atoms. The Hall–Kier alpha value is -0.480. The number of carbonyl (C=O) groups is 1. The van der Waals surface area contributed by atoms with Gasteiger partial charge in [-0.3, -0.25) is 0 Å². The summed E-state index contributed by atoms with van der Waals surface area (Å²) in [5, 5.41) is 15.9. The Labute approximate surface area is 93.5 Å². The van der Waals surface area contributed by atoms with E-state index >= 15 is 0 Å². The number of ether oxygens (including phenoxy) is 1. The smallest absolute Gasteiger partial charge is 0.415 e. The van der Waals surface area contributed by atoms with Crippen LogP contribution in [0.2, 0.25) is 0 Å². The van der Waals surface area contributed by atoms with Gasteiger partial charge in [0.05, 0.1) is 6.10 Å². The van der Waals surface area contributed by atoms with Crippen LogP contribution in [0.4, 0.5) is 8.78 Å². The topological polar surface area (TPSA) is 85.2 Å². The summed E-state index contributed by atoms with van der Waals surface area (Å²) < 4.78 is 33.6. The Bertz CT molecular complexity index is 251. The summed E-state index contributed by atoms with van der Waals surface area (Å²) in [5.41, 5.74) is 0. The van der Waals surface area contributed by atoms with Crippen molar-refractivity contribution >= 4 is 18.0 Å². The second-order valence-corrected chi connectivity index (χ2v) is 4.00. The normalized spacial score (nSPS) is 25.8. The first-order valence-electron chi connectivity index (χ1n) is 4.40. The van der Waals surface area contributed by atoms with Crippen molar-refractivity contribution in [3.05, 3.63) is 0 Å². The van der Waals surface area contributed by atoms with Gasteiger partial charge >= 0.3 is 11.2 Å². The van der Waals surface area contributed by atoms with E-state index in [4.69, 9.17) is 5.26 Å². The molecule has 94 valence electrons. The van der Waals surface area contributed by atoms with Crippen molar-refractivity contribution in [1.29, 1.82) is 0 Å². The van der Waals surface area contributed by atoms with Gasteiger partial charge in [0, 0.05) is 0 Å². The van der Waals surface area contributed by atoms with Crippen LogP contribution in [-0.2, 0) is 18.9 Å². The lowest BCUT2D eigenvalue weighted by Crippen LogP contribution is -2.34. The number of alkyl halides is 2. The van der Waals surface area contributed by atoms with Gasteiger partial charge in [0.25, 0.3) is 0 Å². The van der Waals surface area contributed by atoms with E-state index in [2.05, 4.69) is 14.1 Å². The van der Waals surface area contributed by atoms with Crippen molar-refractivity contribution in [2.75, 3.05) is 0 Å². The summed E-state index contributed by atoms with van der Waals surface area (Å²) in [4.78, 5) is 11.0. The van der Waals surface area contributed by atoms with Gasteiger partial charge in [0.2, 0.25) is 0 Å². The minimum Gasteiger partial charge on any atom is -0.454 e. The van der Waals surface area contributed by atoms with Crippen LogP contribution >= 0.6 is 12.0 Å². The zero-order valence-corrected chi connectivity index (χ0v) is 8.78. The van der Waals surface area contributed by atoms with Crippen LogP contribution in [0.5, 0.6) is 0 Å². The lowest BCUT2D eigenvalue weighted by atomic mass is 10.3. The standard InChI is InChI=1S/C7H10F2O6S/c8-7(9,16-15-14-12)6(11)13-5-3-1-2-4(5)10/h4-5,10,12H,1-3H2. The molecule has 0 heterocycles. The van der Waals surface area contributed by atoms with Gasteiger partial charge in [0.15, 0.2) is 0 Å². The van der Waals surface area contributed by atoms with Crippen molar-refractivity contribution in [3.8, 4) is 0 Å². The number of halogens is 2. The Morgan fingerprint density at radius 1 is 1.44 bits per heavy atom. The molecule has 0 saturated heterocycles. The Morgan fingerprint density at radius 2 is 2.12 bits per heavy atom. The van der Waals surface area contributed by atoms with Crippen LogP contribution in [0.15, 0.2) is 0 Å². The zero-order valence-electron chi connectivity index (χ0n) is 7.97. The monoisotopic (exact) mass is 260 g/mol. The van der Waals surface area contributed by atoms with Crippen molar-refractivity contribution in [1.82, 2.24) is 0 Å². The first kappa shape index (κ1) is 13.6. The predicted octanol–water partition coefficient (Wildman–Crippen LogP) is 1.11. The number of hydrogen-bond donors (Lipinski definition) is 2. The van der Waals surface area contributed by atoms with E-state index in [-0.39, 0.29) is 0 Å². The number of aliphatic hydroxyl groups is 1. The van der Waals surface area contributed by atoms with Gasteiger partial charge in [0.1, 0.15) is 18.1 Å². The summed E-state index contributed by atoms with van der Waals surface area (Å²) in [7, 11) is 0. The number of esters is 1. The Kier molecular flexibility index (Phi) is 4.87. The van der Waals surface area contributed by atoms with Gasteiger partial charge in [-0.2, -0.15) is 8.78 Å². The summed E-state index contributed by atoms with van der Waals surface area (Å²) in [6, 6.07) is 0. The van der Waals surface area contributed by atoms with Crippen LogP contribution in [0, 0.1) is 0 Å². The van der Waals surface area contributed by atoms with Gasteiger partial charge in [-0.25, -0.2) is 10.1 Å². The second-order valence-electron chi connectivity index (χ2n) is 3.18. The minimum absolute atomic E-state index is 0.338. The zero-order chi connectivity index (χ0) is 12.2. The van der Waals surface area contributed by atoms with E-state index < -0.39 is 35.5 Å². The number of aliphatic hydroxyl groups excluding tert-OH is 1. The maximum absolute atomic E-state index is 12.9. The molecule has 0 aromatic heterocycles. The number of hydrogen-bond acceptors (Lipinski definition) is 7. The molecule has 1 aliphatic rings. The molecule has 1 aliphatic carbocycles. The van der Waals surface area contributed by atoms with Gasteiger partial charge in [-0.1, -0.05) is 5.04 Å². The van der Waals surface area contributed by atoms with E-state index in [1.807, 2.05) is 0 Å². The molecule has 2 unspecified atom stereocenters. The van der Waals surface area contributed by atoms with Gasteiger partial charge < -0.3 is 9.84 Å². The molecule has 9 heteroatoms. The predicted molar refractivity (Wildman–Crippen MR) is 47.1 cm³/mol. The van der Waals surface area contributed by atoms with Crippen molar-refractivity contribution in [3.63, 3.8) is 0 Å². The van der Waals surface area contributed by atoms with Crippen molar-refractivity contribution < 1.29 is 38.0 Å². The van der Waals surface area contributed by atoms with Gasteiger partial charge in [-0.15, -0.1) is 4.33 Å².